The molecule has 134 valence electrons. The minimum Gasteiger partial charge on any atom is -0.492 e. The Labute approximate surface area is 150 Å². The van der Waals surface area contributed by atoms with Crippen molar-refractivity contribution in [2.75, 3.05) is 18.5 Å². The van der Waals surface area contributed by atoms with Gasteiger partial charge in [-0.1, -0.05) is 51.5 Å². The van der Waals surface area contributed by atoms with Crippen LogP contribution in [0.2, 0.25) is 0 Å². The van der Waals surface area contributed by atoms with Crippen LogP contribution in [-0.4, -0.2) is 19.1 Å². The summed E-state index contributed by atoms with van der Waals surface area (Å²) >= 11 is 0. The highest BCUT2D eigenvalue weighted by Crippen LogP contribution is 2.26. The van der Waals surface area contributed by atoms with Crippen LogP contribution >= 0.6 is 0 Å². The van der Waals surface area contributed by atoms with Crippen LogP contribution in [0.15, 0.2) is 48.5 Å². The van der Waals surface area contributed by atoms with Crippen LogP contribution in [-0.2, 0) is 0 Å². The topological polar surface area (TPSA) is 47.6 Å². The Balaban J connectivity index is 2.12. The second kappa shape index (κ2) is 9.72. The van der Waals surface area contributed by atoms with Gasteiger partial charge in [-0.25, -0.2) is 0 Å². The predicted octanol–water partition coefficient (Wildman–Crippen LogP) is 5.15. The van der Waals surface area contributed by atoms with Crippen molar-refractivity contribution in [3.05, 3.63) is 54.1 Å². The smallest absolute Gasteiger partial charge is 0.259 e. The van der Waals surface area contributed by atoms with Gasteiger partial charge in [-0.05, 0) is 36.6 Å². The second-order valence-corrected chi connectivity index (χ2v) is 6.35. The molecule has 0 fully saturated rings. The Morgan fingerprint density at radius 3 is 2.40 bits per heavy atom. The summed E-state index contributed by atoms with van der Waals surface area (Å²) in [6.07, 6.45) is 2.04. The van der Waals surface area contributed by atoms with Crippen LogP contribution in [0.4, 0.5) is 5.69 Å². The van der Waals surface area contributed by atoms with Gasteiger partial charge in [0.1, 0.15) is 11.5 Å². The zero-order valence-corrected chi connectivity index (χ0v) is 15.2. The van der Waals surface area contributed by atoms with Gasteiger partial charge in [-0.2, -0.15) is 0 Å². The lowest BCUT2D eigenvalue weighted by Crippen LogP contribution is -2.15. The molecule has 0 saturated carbocycles. The number of ether oxygens (including phenoxy) is 2. The van der Waals surface area contributed by atoms with Gasteiger partial charge in [0.2, 0.25) is 0 Å². The first-order valence-corrected chi connectivity index (χ1v) is 8.86. The Morgan fingerprint density at radius 1 is 1.00 bits per heavy atom. The van der Waals surface area contributed by atoms with Crippen LogP contribution in [0, 0.1) is 5.92 Å². The molecule has 2 aromatic rings. The molecule has 0 atom stereocenters. The van der Waals surface area contributed by atoms with Crippen molar-refractivity contribution in [1.29, 1.82) is 0 Å². The number of hydrogen-bond acceptors (Lipinski definition) is 3. The summed E-state index contributed by atoms with van der Waals surface area (Å²) in [5, 5.41) is 2.94. The van der Waals surface area contributed by atoms with Gasteiger partial charge < -0.3 is 14.8 Å². The van der Waals surface area contributed by atoms with E-state index in [1.165, 1.54) is 0 Å². The molecule has 0 heterocycles. The van der Waals surface area contributed by atoms with Crippen molar-refractivity contribution in [3.8, 4) is 11.5 Å². The summed E-state index contributed by atoms with van der Waals surface area (Å²) in [5.74, 6) is 1.47. The summed E-state index contributed by atoms with van der Waals surface area (Å²) in [5.41, 5.74) is 1.19. The number of nitrogens with one attached hydrogen (secondary N) is 1. The van der Waals surface area contributed by atoms with Crippen molar-refractivity contribution < 1.29 is 14.3 Å². The number of hydrogen-bond donors (Lipinski definition) is 1. The normalized spacial score (nSPS) is 10.6. The number of amides is 1. The molecule has 1 N–H and O–H groups in total. The molecule has 0 spiro atoms. The lowest BCUT2D eigenvalue weighted by molar-refractivity contribution is 0.102. The Morgan fingerprint density at radius 2 is 1.68 bits per heavy atom. The first-order valence-electron chi connectivity index (χ1n) is 8.86. The maximum Gasteiger partial charge on any atom is 0.259 e. The molecule has 0 aromatic heterocycles. The number of carbonyl (C=O) groups excluding carboxylic acids is 1. The fourth-order valence-corrected chi connectivity index (χ4v) is 2.25. The molecule has 0 aliphatic heterocycles. The molecule has 0 aliphatic rings. The highest BCUT2D eigenvalue weighted by Gasteiger charge is 2.14. The SMILES string of the molecule is CCCCOc1ccccc1NC(=O)c1ccccc1OCC(C)C. The lowest BCUT2D eigenvalue weighted by Gasteiger charge is -2.15. The van der Waals surface area contributed by atoms with Gasteiger partial charge in [0.25, 0.3) is 5.91 Å². The summed E-state index contributed by atoms with van der Waals surface area (Å²) < 4.78 is 11.6. The summed E-state index contributed by atoms with van der Waals surface area (Å²) in [7, 11) is 0. The van der Waals surface area contributed by atoms with Crippen LogP contribution in [0.3, 0.4) is 0 Å². The van der Waals surface area contributed by atoms with E-state index in [0.29, 0.717) is 41.9 Å². The zero-order valence-electron chi connectivity index (χ0n) is 15.2. The third kappa shape index (κ3) is 5.82. The first kappa shape index (κ1) is 18.8. The number of unbranched alkanes of at least 4 members (excludes halogenated alkanes) is 1. The molecule has 2 rings (SSSR count). The fraction of sp³-hybridized carbons (Fsp3) is 0.381. The number of rotatable bonds is 9. The molecule has 2 aromatic carbocycles. The van der Waals surface area contributed by atoms with Crippen molar-refractivity contribution >= 4 is 11.6 Å². The van der Waals surface area contributed by atoms with E-state index in [1.54, 1.807) is 6.07 Å². The lowest BCUT2D eigenvalue weighted by atomic mass is 10.1. The van der Waals surface area contributed by atoms with E-state index in [9.17, 15) is 4.79 Å². The van der Waals surface area contributed by atoms with Gasteiger partial charge in [0.15, 0.2) is 0 Å². The van der Waals surface area contributed by atoms with Crippen molar-refractivity contribution in [3.63, 3.8) is 0 Å². The zero-order chi connectivity index (χ0) is 18.1. The molecule has 1 amide bonds. The number of anilines is 1. The maximum absolute atomic E-state index is 12.7. The number of para-hydroxylation sites is 3. The van der Waals surface area contributed by atoms with Gasteiger partial charge in [-0.3, -0.25) is 4.79 Å². The number of carbonyl (C=O) groups is 1. The van der Waals surface area contributed by atoms with Crippen LogP contribution in [0.1, 0.15) is 44.0 Å². The number of benzene rings is 2. The Bertz CT molecular complexity index is 682. The van der Waals surface area contributed by atoms with Gasteiger partial charge >= 0.3 is 0 Å². The Kier molecular flexibility index (Phi) is 7.33. The molecular formula is C21H27NO3. The van der Waals surface area contributed by atoms with Crippen LogP contribution < -0.4 is 14.8 Å². The largest absolute Gasteiger partial charge is 0.492 e. The van der Waals surface area contributed by atoms with Gasteiger partial charge in [-0.15, -0.1) is 0 Å². The van der Waals surface area contributed by atoms with Crippen molar-refractivity contribution in [2.24, 2.45) is 5.92 Å². The molecule has 0 saturated heterocycles. The van der Waals surface area contributed by atoms with E-state index in [-0.39, 0.29) is 5.91 Å². The van der Waals surface area contributed by atoms with Crippen LogP contribution in [0.5, 0.6) is 11.5 Å². The molecule has 0 unspecified atom stereocenters. The standard InChI is InChI=1S/C21H27NO3/c1-4-5-14-24-20-13-9-7-11-18(20)22-21(23)17-10-6-8-12-19(17)25-15-16(2)3/h6-13,16H,4-5,14-15H2,1-3H3,(H,22,23). The van der Waals surface area contributed by atoms with E-state index in [0.717, 1.165) is 12.8 Å². The first-order chi connectivity index (χ1) is 12.1. The highest BCUT2D eigenvalue weighted by molar-refractivity contribution is 6.06. The van der Waals surface area contributed by atoms with Crippen LogP contribution in [0.25, 0.3) is 0 Å². The highest BCUT2D eigenvalue weighted by atomic mass is 16.5. The Hall–Kier alpha value is -2.49. The summed E-state index contributed by atoms with van der Waals surface area (Å²) in [6.45, 7) is 7.47. The average molecular weight is 341 g/mol. The molecule has 0 radical (unpaired) electrons. The van der Waals surface area contributed by atoms with Gasteiger partial charge in [0.05, 0.1) is 24.5 Å². The second-order valence-electron chi connectivity index (χ2n) is 6.35. The van der Waals surface area contributed by atoms with E-state index in [2.05, 4.69) is 26.1 Å². The summed E-state index contributed by atoms with van der Waals surface area (Å²) in [6, 6.07) is 14.8. The predicted molar refractivity (Wildman–Crippen MR) is 102 cm³/mol. The van der Waals surface area contributed by atoms with E-state index in [1.807, 2.05) is 42.5 Å². The molecule has 0 aliphatic carbocycles. The van der Waals surface area contributed by atoms with E-state index >= 15 is 0 Å². The molecular weight excluding hydrogens is 314 g/mol. The maximum atomic E-state index is 12.7. The fourth-order valence-electron chi connectivity index (χ4n) is 2.25. The average Bonchev–Trinajstić information content (AvgIpc) is 2.61. The van der Waals surface area contributed by atoms with Gasteiger partial charge in [0, 0.05) is 0 Å². The quantitative estimate of drug-likeness (QED) is 0.641. The summed E-state index contributed by atoms with van der Waals surface area (Å²) in [4.78, 5) is 12.7. The molecule has 0 bridgehead atoms. The molecule has 4 heteroatoms. The third-order valence-corrected chi connectivity index (χ3v) is 3.59. The van der Waals surface area contributed by atoms with Crippen molar-refractivity contribution in [1.82, 2.24) is 0 Å². The minimum absolute atomic E-state index is 0.203. The molecule has 25 heavy (non-hydrogen) atoms. The minimum atomic E-state index is -0.203. The van der Waals surface area contributed by atoms with E-state index in [4.69, 9.17) is 9.47 Å². The van der Waals surface area contributed by atoms with Crippen molar-refractivity contribution in [2.45, 2.75) is 33.6 Å². The molecule has 4 nitrogen and oxygen atoms in total. The monoisotopic (exact) mass is 341 g/mol. The van der Waals surface area contributed by atoms with E-state index < -0.39 is 0 Å². The third-order valence-electron chi connectivity index (χ3n) is 3.59.